The molecule has 1 rings (SSSR count). The van der Waals surface area contributed by atoms with Crippen LogP contribution in [0.4, 0.5) is 0 Å². The highest BCUT2D eigenvalue weighted by molar-refractivity contribution is 7.14. The van der Waals surface area contributed by atoms with Gasteiger partial charge in [0.1, 0.15) is 0 Å². The zero-order valence-corrected chi connectivity index (χ0v) is 11.0. The molecule has 17 heavy (non-hydrogen) atoms. The smallest absolute Gasteiger partial charge is 0.263 e. The second-order valence-corrected chi connectivity index (χ2v) is 4.50. The van der Waals surface area contributed by atoms with Crippen molar-refractivity contribution in [3.63, 3.8) is 0 Å². The summed E-state index contributed by atoms with van der Waals surface area (Å²) in [5.74, 6) is 5.84. The molecular weight excluding hydrogens is 234 g/mol. The molecule has 0 saturated heterocycles. The SMILES string of the molecule is CCN(CC)C(=O)c1ccc(C#CCCO)s1. The highest BCUT2D eigenvalue weighted by atomic mass is 32.1. The second-order valence-electron chi connectivity index (χ2n) is 3.42. The van der Waals surface area contributed by atoms with E-state index in [1.54, 1.807) is 4.90 Å². The van der Waals surface area contributed by atoms with Crippen LogP contribution in [-0.2, 0) is 0 Å². The first kappa shape index (κ1) is 13.8. The summed E-state index contributed by atoms with van der Waals surface area (Å²) in [6.45, 7) is 5.45. The molecular formula is C13H17NO2S. The molecule has 0 spiro atoms. The largest absolute Gasteiger partial charge is 0.395 e. The Kier molecular flexibility index (Phi) is 5.75. The first-order valence-corrected chi connectivity index (χ1v) is 6.53. The predicted octanol–water partition coefficient (Wildman–Crippen LogP) is 1.96. The number of aliphatic hydroxyl groups is 1. The van der Waals surface area contributed by atoms with Crippen molar-refractivity contribution in [3.05, 3.63) is 21.9 Å². The highest BCUT2D eigenvalue weighted by Crippen LogP contribution is 2.17. The van der Waals surface area contributed by atoms with Crippen LogP contribution in [0.15, 0.2) is 12.1 Å². The average molecular weight is 251 g/mol. The fourth-order valence-corrected chi connectivity index (χ4v) is 2.24. The van der Waals surface area contributed by atoms with Crippen molar-refractivity contribution in [1.82, 2.24) is 4.90 Å². The summed E-state index contributed by atoms with van der Waals surface area (Å²) in [6, 6.07) is 3.67. The van der Waals surface area contributed by atoms with Crippen molar-refractivity contribution in [3.8, 4) is 11.8 Å². The van der Waals surface area contributed by atoms with E-state index in [4.69, 9.17) is 5.11 Å². The summed E-state index contributed by atoms with van der Waals surface area (Å²) < 4.78 is 0. The van der Waals surface area contributed by atoms with Gasteiger partial charge >= 0.3 is 0 Å². The minimum atomic E-state index is 0.0650. The van der Waals surface area contributed by atoms with Crippen molar-refractivity contribution < 1.29 is 9.90 Å². The molecule has 0 atom stereocenters. The third-order valence-electron chi connectivity index (χ3n) is 2.32. The fourth-order valence-electron chi connectivity index (χ4n) is 1.39. The van der Waals surface area contributed by atoms with E-state index < -0.39 is 0 Å². The van der Waals surface area contributed by atoms with Gasteiger partial charge in [0, 0.05) is 19.5 Å². The van der Waals surface area contributed by atoms with Crippen LogP contribution in [0.2, 0.25) is 0 Å². The minimum Gasteiger partial charge on any atom is -0.395 e. The van der Waals surface area contributed by atoms with E-state index in [1.165, 1.54) is 11.3 Å². The maximum Gasteiger partial charge on any atom is 0.263 e. The second kappa shape index (κ2) is 7.10. The molecule has 0 radical (unpaired) electrons. The van der Waals surface area contributed by atoms with E-state index in [0.717, 1.165) is 22.8 Å². The van der Waals surface area contributed by atoms with Crippen LogP contribution >= 0.6 is 11.3 Å². The zero-order chi connectivity index (χ0) is 12.7. The van der Waals surface area contributed by atoms with Gasteiger partial charge in [0.15, 0.2) is 0 Å². The maximum absolute atomic E-state index is 12.0. The van der Waals surface area contributed by atoms with Gasteiger partial charge in [0.25, 0.3) is 5.91 Å². The lowest BCUT2D eigenvalue weighted by Gasteiger charge is -2.17. The molecule has 3 nitrogen and oxygen atoms in total. The lowest BCUT2D eigenvalue weighted by Crippen LogP contribution is -2.29. The molecule has 0 unspecified atom stereocenters. The number of carbonyl (C=O) groups is 1. The van der Waals surface area contributed by atoms with Gasteiger partial charge in [-0.2, -0.15) is 0 Å². The van der Waals surface area contributed by atoms with Crippen LogP contribution < -0.4 is 0 Å². The Morgan fingerprint density at radius 3 is 2.71 bits per heavy atom. The number of rotatable bonds is 4. The molecule has 4 heteroatoms. The Balaban J connectivity index is 2.74. The maximum atomic E-state index is 12.0. The number of hydrogen-bond acceptors (Lipinski definition) is 3. The number of hydrogen-bond donors (Lipinski definition) is 1. The summed E-state index contributed by atoms with van der Waals surface area (Å²) in [5.41, 5.74) is 0. The van der Waals surface area contributed by atoms with Crippen LogP contribution in [0.3, 0.4) is 0 Å². The summed E-state index contributed by atoms with van der Waals surface area (Å²) in [4.78, 5) is 15.4. The number of amides is 1. The van der Waals surface area contributed by atoms with E-state index in [-0.39, 0.29) is 12.5 Å². The molecule has 0 fully saturated rings. The molecule has 0 aliphatic rings. The summed E-state index contributed by atoms with van der Waals surface area (Å²) >= 11 is 1.40. The third kappa shape index (κ3) is 3.88. The highest BCUT2D eigenvalue weighted by Gasteiger charge is 2.13. The van der Waals surface area contributed by atoms with Gasteiger partial charge in [-0.3, -0.25) is 4.79 Å². The average Bonchev–Trinajstić information content (AvgIpc) is 2.79. The number of carbonyl (C=O) groups excluding carboxylic acids is 1. The van der Waals surface area contributed by atoms with E-state index in [0.29, 0.717) is 6.42 Å². The third-order valence-corrected chi connectivity index (χ3v) is 3.30. The lowest BCUT2D eigenvalue weighted by molar-refractivity contribution is 0.0778. The van der Waals surface area contributed by atoms with Crippen molar-refractivity contribution in [2.45, 2.75) is 20.3 Å². The van der Waals surface area contributed by atoms with Gasteiger partial charge in [-0.25, -0.2) is 0 Å². The molecule has 1 aromatic heterocycles. The van der Waals surface area contributed by atoms with E-state index in [1.807, 2.05) is 26.0 Å². The number of thiophene rings is 1. The number of nitrogens with zero attached hydrogens (tertiary/aromatic N) is 1. The topological polar surface area (TPSA) is 40.5 Å². The van der Waals surface area contributed by atoms with E-state index in [2.05, 4.69) is 11.8 Å². The number of aliphatic hydroxyl groups excluding tert-OH is 1. The lowest BCUT2D eigenvalue weighted by atomic mass is 10.3. The molecule has 0 saturated carbocycles. The minimum absolute atomic E-state index is 0.0650. The molecule has 0 bridgehead atoms. The first-order valence-electron chi connectivity index (χ1n) is 5.71. The van der Waals surface area contributed by atoms with Crippen LogP contribution in [0.1, 0.15) is 34.8 Å². The normalized spacial score (nSPS) is 9.59. The van der Waals surface area contributed by atoms with Gasteiger partial charge in [0.05, 0.1) is 16.4 Å². The quantitative estimate of drug-likeness (QED) is 0.831. The van der Waals surface area contributed by atoms with Crippen molar-refractivity contribution in [2.75, 3.05) is 19.7 Å². The molecule has 0 aliphatic carbocycles. The molecule has 0 aromatic carbocycles. The van der Waals surface area contributed by atoms with Crippen LogP contribution in [0, 0.1) is 11.8 Å². The molecule has 1 N–H and O–H groups in total. The Bertz CT molecular complexity index is 424. The van der Waals surface area contributed by atoms with Crippen LogP contribution in [-0.4, -0.2) is 35.6 Å². The molecule has 1 amide bonds. The van der Waals surface area contributed by atoms with Gasteiger partial charge in [-0.1, -0.05) is 11.8 Å². The first-order chi connectivity index (χ1) is 8.22. The van der Waals surface area contributed by atoms with Gasteiger partial charge in [0.2, 0.25) is 0 Å². The van der Waals surface area contributed by atoms with Gasteiger partial charge in [-0.05, 0) is 26.0 Å². The Morgan fingerprint density at radius 1 is 1.41 bits per heavy atom. The van der Waals surface area contributed by atoms with Gasteiger partial charge in [-0.15, -0.1) is 11.3 Å². The Morgan fingerprint density at radius 2 is 2.12 bits per heavy atom. The van der Waals surface area contributed by atoms with Crippen molar-refractivity contribution in [2.24, 2.45) is 0 Å². The van der Waals surface area contributed by atoms with Crippen LogP contribution in [0.25, 0.3) is 0 Å². The predicted molar refractivity (Wildman–Crippen MR) is 70.2 cm³/mol. The van der Waals surface area contributed by atoms with Crippen LogP contribution in [0.5, 0.6) is 0 Å². The van der Waals surface area contributed by atoms with Gasteiger partial charge < -0.3 is 10.0 Å². The Hall–Kier alpha value is -1.31. The Labute approximate surface area is 106 Å². The molecule has 1 aromatic rings. The standard InChI is InChI=1S/C13H17NO2S/c1-3-14(4-2)13(16)12-9-8-11(17-12)7-5-6-10-15/h8-9,15H,3-4,6,10H2,1-2H3. The van der Waals surface area contributed by atoms with Crippen molar-refractivity contribution >= 4 is 17.2 Å². The van der Waals surface area contributed by atoms with E-state index in [9.17, 15) is 4.79 Å². The van der Waals surface area contributed by atoms with E-state index >= 15 is 0 Å². The monoisotopic (exact) mass is 251 g/mol. The van der Waals surface area contributed by atoms with Crippen molar-refractivity contribution in [1.29, 1.82) is 0 Å². The fraction of sp³-hybridized carbons (Fsp3) is 0.462. The zero-order valence-electron chi connectivity index (χ0n) is 10.2. The molecule has 1 heterocycles. The summed E-state index contributed by atoms with van der Waals surface area (Å²) in [7, 11) is 0. The summed E-state index contributed by atoms with van der Waals surface area (Å²) in [6.07, 6.45) is 0.469. The molecule has 0 aliphatic heterocycles. The molecule has 92 valence electrons. The summed E-state index contributed by atoms with van der Waals surface area (Å²) in [5, 5.41) is 8.61.